The van der Waals surface area contributed by atoms with Gasteiger partial charge in [-0.15, -0.1) is 11.3 Å². The van der Waals surface area contributed by atoms with E-state index in [1.807, 2.05) is 30.3 Å². The summed E-state index contributed by atoms with van der Waals surface area (Å²) in [5.41, 5.74) is -0.288. The predicted molar refractivity (Wildman–Crippen MR) is 94.5 cm³/mol. The van der Waals surface area contributed by atoms with Crippen molar-refractivity contribution >= 4 is 33.2 Å². The monoisotopic (exact) mass is 378 g/mol. The van der Waals surface area contributed by atoms with Crippen LogP contribution in [0, 0.1) is 0 Å². The second kappa shape index (κ2) is 6.61. The number of carbonyl (C=O) groups is 2. The number of hydrogen-bond acceptors (Lipinski definition) is 5. The molecule has 0 radical (unpaired) electrons. The van der Waals surface area contributed by atoms with Gasteiger partial charge in [0, 0.05) is 6.54 Å². The van der Waals surface area contributed by atoms with Crippen LogP contribution in [0.5, 0.6) is 0 Å². The predicted octanol–water partition coefficient (Wildman–Crippen LogP) is 1.79. The number of benzene rings is 1. The maximum Gasteiger partial charge on any atom is 0.273 e. The number of sulfonamides is 1. The van der Waals surface area contributed by atoms with Crippen LogP contribution < -0.4 is 4.72 Å². The fourth-order valence-corrected chi connectivity index (χ4v) is 4.83. The Morgan fingerprint density at radius 2 is 1.92 bits per heavy atom. The minimum Gasteiger partial charge on any atom is -0.328 e. The molecule has 25 heavy (non-hydrogen) atoms. The van der Waals surface area contributed by atoms with Gasteiger partial charge in [-0.05, 0) is 30.4 Å². The van der Waals surface area contributed by atoms with Gasteiger partial charge >= 0.3 is 0 Å². The summed E-state index contributed by atoms with van der Waals surface area (Å²) in [5, 5.41) is 1.62. The molecule has 0 aliphatic carbocycles. The van der Waals surface area contributed by atoms with Gasteiger partial charge < -0.3 is 4.90 Å². The molecular formula is C17H18N2O4S2. The molecule has 1 saturated heterocycles. The number of amides is 2. The van der Waals surface area contributed by atoms with Crippen molar-refractivity contribution in [2.75, 3.05) is 6.54 Å². The molecule has 3 rings (SSSR count). The standard InChI is InChI=1S/C17H18N2O4S2/c1-17(16(21)18-25(22,23)15-8-5-11-24-15)9-10-19(17)14(20)12-13-6-3-2-4-7-13/h2-8,11H,9-10,12H2,1H3,(H,18,21). The molecule has 0 bridgehead atoms. The van der Waals surface area contributed by atoms with Crippen LogP contribution in [0.25, 0.3) is 0 Å². The molecule has 6 nitrogen and oxygen atoms in total. The lowest BCUT2D eigenvalue weighted by Crippen LogP contribution is -2.68. The zero-order valence-electron chi connectivity index (χ0n) is 13.6. The molecule has 0 saturated carbocycles. The average molecular weight is 378 g/mol. The number of nitrogens with one attached hydrogen (secondary N) is 1. The van der Waals surface area contributed by atoms with Crippen LogP contribution in [0.2, 0.25) is 0 Å². The maximum absolute atomic E-state index is 12.5. The van der Waals surface area contributed by atoms with E-state index in [9.17, 15) is 18.0 Å². The number of likely N-dealkylation sites (tertiary alicyclic amines) is 1. The highest BCUT2D eigenvalue weighted by Crippen LogP contribution is 2.32. The molecule has 1 atom stereocenters. The fourth-order valence-electron chi connectivity index (χ4n) is 2.76. The maximum atomic E-state index is 12.5. The Morgan fingerprint density at radius 1 is 1.20 bits per heavy atom. The van der Waals surface area contributed by atoms with Crippen LogP contribution in [-0.4, -0.2) is 37.2 Å². The summed E-state index contributed by atoms with van der Waals surface area (Å²) in [4.78, 5) is 26.5. The molecule has 1 fully saturated rings. The number of thiophene rings is 1. The van der Waals surface area contributed by atoms with Crippen LogP contribution in [0.4, 0.5) is 0 Å². The molecule has 132 valence electrons. The van der Waals surface area contributed by atoms with Gasteiger partial charge in [0.15, 0.2) is 0 Å². The summed E-state index contributed by atoms with van der Waals surface area (Å²) >= 11 is 1.03. The first-order valence-corrected chi connectivity index (χ1v) is 10.1. The van der Waals surface area contributed by atoms with E-state index in [4.69, 9.17) is 0 Å². The lowest BCUT2D eigenvalue weighted by atomic mass is 9.85. The molecule has 1 aliphatic rings. The van der Waals surface area contributed by atoms with E-state index in [2.05, 4.69) is 4.72 Å². The number of nitrogens with zero attached hydrogens (tertiary/aromatic N) is 1. The quantitative estimate of drug-likeness (QED) is 0.860. The van der Waals surface area contributed by atoms with Gasteiger partial charge in [0.05, 0.1) is 6.42 Å². The van der Waals surface area contributed by atoms with E-state index in [1.165, 1.54) is 11.0 Å². The number of carbonyl (C=O) groups excluding carboxylic acids is 2. The topological polar surface area (TPSA) is 83.6 Å². The van der Waals surface area contributed by atoms with E-state index in [-0.39, 0.29) is 16.5 Å². The van der Waals surface area contributed by atoms with Crippen molar-refractivity contribution in [3.8, 4) is 0 Å². The SMILES string of the molecule is CC1(C(=O)NS(=O)(=O)c2cccs2)CCN1C(=O)Cc1ccccc1. The zero-order valence-corrected chi connectivity index (χ0v) is 15.3. The van der Waals surface area contributed by atoms with Crippen molar-refractivity contribution in [3.63, 3.8) is 0 Å². The molecule has 2 aromatic rings. The van der Waals surface area contributed by atoms with Gasteiger partial charge in [-0.25, -0.2) is 13.1 Å². The lowest BCUT2D eigenvalue weighted by molar-refractivity contribution is -0.156. The van der Waals surface area contributed by atoms with Crippen molar-refractivity contribution in [3.05, 3.63) is 53.4 Å². The van der Waals surface area contributed by atoms with Gasteiger partial charge in [0.1, 0.15) is 9.75 Å². The Labute approximate surface area is 150 Å². The van der Waals surface area contributed by atoms with Crippen molar-refractivity contribution in [1.29, 1.82) is 0 Å². The highest BCUT2D eigenvalue weighted by Gasteiger charge is 2.50. The first kappa shape index (κ1) is 17.6. The molecule has 1 unspecified atom stereocenters. The Morgan fingerprint density at radius 3 is 2.48 bits per heavy atom. The molecule has 8 heteroatoms. The third kappa shape index (κ3) is 3.45. The second-order valence-electron chi connectivity index (χ2n) is 6.10. The van der Waals surface area contributed by atoms with E-state index in [0.29, 0.717) is 13.0 Å². The molecule has 1 aromatic heterocycles. The van der Waals surface area contributed by atoms with E-state index >= 15 is 0 Å². The first-order chi connectivity index (χ1) is 11.8. The van der Waals surface area contributed by atoms with Crippen LogP contribution in [0.3, 0.4) is 0 Å². The molecule has 0 spiro atoms. The summed E-state index contributed by atoms with van der Waals surface area (Å²) in [6.45, 7) is 2.04. The van der Waals surface area contributed by atoms with Gasteiger partial charge in [-0.2, -0.15) is 0 Å². The van der Waals surface area contributed by atoms with Gasteiger partial charge in [0.25, 0.3) is 15.9 Å². The molecule has 2 amide bonds. The Bertz CT molecular complexity index is 879. The van der Waals surface area contributed by atoms with Crippen molar-refractivity contribution in [1.82, 2.24) is 9.62 Å². The molecule has 1 N–H and O–H groups in total. The van der Waals surface area contributed by atoms with Crippen molar-refractivity contribution < 1.29 is 18.0 Å². The summed E-state index contributed by atoms with van der Waals surface area (Å²) in [6.07, 6.45) is 0.612. The van der Waals surface area contributed by atoms with Crippen LogP contribution in [0.15, 0.2) is 52.1 Å². The Kier molecular flexibility index (Phi) is 4.66. The molecule has 1 aromatic carbocycles. The van der Waals surface area contributed by atoms with Crippen LogP contribution in [-0.2, 0) is 26.0 Å². The number of hydrogen-bond donors (Lipinski definition) is 1. The summed E-state index contributed by atoms with van der Waals surface area (Å²) in [5.74, 6) is -0.864. The third-order valence-electron chi connectivity index (χ3n) is 4.39. The largest absolute Gasteiger partial charge is 0.328 e. The molecule has 2 heterocycles. The third-order valence-corrected chi connectivity index (χ3v) is 7.12. The van der Waals surface area contributed by atoms with Gasteiger partial charge in [-0.1, -0.05) is 36.4 Å². The summed E-state index contributed by atoms with van der Waals surface area (Å²) < 4.78 is 26.6. The minimum absolute atomic E-state index is 0.0749. The van der Waals surface area contributed by atoms with E-state index < -0.39 is 21.5 Å². The minimum atomic E-state index is -3.90. The van der Waals surface area contributed by atoms with E-state index in [1.54, 1.807) is 18.4 Å². The van der Waals surface area contributed by atoms with E-state index in [0.717, 1.165) is 16.9 Å². The fraction of sp³-hybridized carbons (Fsp3) is 0.294. The Hall–Kier alpha value is -2.19. The van der Waals surface area contributed by atoms with Gasteiger partial charge in [-0.3, -0.25) is 9.59 Å². The van der Waals surface area contributed by atoms with Gasteiger partial charge in [0.2, 0.25) is 5.91 Å². The zero-order chi connectivity index (χ0) is 18.1. The lowest BCUT2D eigenvalue weighted by Gasteiger charge is -2.48. The normalized spacial score (nSPS) is 20.0. The highest BCUT2D eigenvalue weighted by molar-refractivity contribution is 7.92. The first-order valence-electron chi connectivity index (χ1n) is 7.78. The Balaban J connectivity index is 1.71. The van der Waals surface area contributed by atoms with Crippen LogP contribution >= 0.6 is 11.3 Å². The highest BCUT2D eigenvalue weighted by atomic mass is 32.2. The molecule has 1 aliphatic heterocycles. The molecular weight excluding hydrogens is 360 g/mol. The summed E-state index contributed by atoms with van der Waals surface area (Å²) in [7, 11) is -3.90. The second-order valence-corrected chi connectivity index (χ2v) is 8.96. The smallest absolute Gasteiger partial charge is 0.273 e. The van der Waals surface area contributed by atoms with Crippen molar-refractivity contribution in [2.24, 2.45) is 0 Å². The van der Waals surface area contributed by atoms with Crippen LogP contribution in [0.1, 0.15) is 18.9 Å². The average Bonchev–Trinajstić information content (AvgIpc) is 3.09. The van der Waals surface area contributed by atoms with Crippen molar-refractivity contribution in [2.45, 2.75) is 29.5 Å². The summed E-state index contributed by atoms with van der Waals surface area (Å²) in [6, 6.07) is 12.3. The number of rotatable bonds is 5.